The Balaban J connectivity index is 0.000000124. The van der Waals surface area contributed by atoms with Crippen molar-refractivity contribution in [2.45, 2.75) is 84.3 Å². The molecule has 6 fully saturated rings. The van der Waals surface area contributed by atoms with Crippen molar-refractivity contribution < 1.29 is 47.3 Å². The molecule has 2 aromatic rings. The van der Waals surface area contributed by atoms with E-state index in [0.29, 0.717) is 42.0 Å². The summed E-state index contributed by atoms with van der Waals surface area (Å²) in [4.78, 5) is 65.6. The van der Waals surface area contributed by atoms with Crippen LogP contribution in [0.1, 0.15) is 70.8 Å². The molecule has 0 spiro atoms. The molecule has 1 aromatic carbocycles. The van der Waals surface area contributed by atoms with E-state index in [-0.39, 0.29) is 53.6 Å². The maximum Gasteiger partial charge on any atom is 0.336 e. The third kappa shape index (κ3) is 10.5. The number of rotatable bonds is 6. The molecule has 308 valence electrons. The summed E-state index contributed by atoms with van der Waals surface area (Å²) in [7, 11) is 0. The van der Waals surface area contributed by atoms with Crippen LogP contribution in [-0.2, 0) is 38.2 Å². The minimum Gasteiger partial charge on any atom is -0.489 e. The summed E-state index contributed by atoms with van der Waals surface area (Å²) in [6, 6.07) is 6.92. The molecular weight excluding hydrogens is 741 g/mol. The number of allylic oxidation sites excluding steroid dienone is 6. The number of carbonyl (C=O) groups excluding carboxylic acids is 5. The average Bonchev–Trinajstić information content (AvgIpc) is 3.43. The number of benzene rings is 1. The summed E-state index contributed by atoms with van der Waals surface area (Å²) in [5, 5.41) is 0.922. The van der Waals surface area contributed by atoms with Gasteiger partial charge in [0.05, 0.1) is 36.4 Å². The van der Waals surface area contributed by atoms with E-state index in [1.807, 2.05) is 32.9 Å². The van der Waals surface area contributed by atoms with Crippen LogP contribution in [0.5, 0.6) is 5.75 Å². The van der Waals surface area contributed by atoms with Gasteiger partial charge in [0.25, 0.3) is 0 Å². The molecule has 3 saturated heterocycles. The second kappa shape index (κ2) is 19.1. The highest BCUT2D eigenvalue weighted by Gasteiger charge is 2.54. The number of esters is 4. The first-order valence-electron chi connectivity index (χ1n) is 20.4. The van der Waals surface area contributed by atoms with E-state index in [1.54, 1.807) is 18.2 Å². The highest BCUT2D eigenvalue weighted by atomic mass is 16.6. The lowest BCUT2D eigenvalue weighted by molar-refractivity contribution is -0.155. The fourth-order valence-electron chi connectivity index (χ4n) is 9.07. The highest BCUT2D eigenvalue weighted by Crippen LogP contribution is 2.48. The molecule has 11 nitrogen and oxygen atoms in total. The Labute approximate surface area is 339 Å². The second-order valence-electron chi connectivity index (χ2n) is 16.5. The second-order valence-corrected chi connectivity index (χ2v) is 16.5. The molecule has 4 bridgehead atoms. The van der Waals surface area contributed by atoms with Crippen LogP contribution in [0.3, 0.4) is 0 Å². The zero-order valence-electron chi connectivity index (χ0n) is 33.5. The molecule has 0 N–H and O–H groups in total. The molecule has 1 aromatic heterocycles. The first-order chi connectivity index (χ1) is 27.9. The van der Waals surface area contributed by atoms with Crippen LogP contribution in [0.2, 0.25) is 0 Å². The molecular formula is C47H54O11. The number of fused-ring (bicyclic) bond motifs is 5. The minimum absolute atomic E-state index is 0.156. The van der Waals surface area contributed by atoms with Gasteiger partial charge >= 0.3 is 29.5 Å². The predicted molar refractivity (Wildman–Crippen MR) is 216 cm³/mol. The van der Waals surface area contributed by atoms with Gasteiger partial charge in [-0.25, -0.2) is 4.79 Å². The third-order valence-corrected chi connectivity index (χ3v) is 12.1. The summed E-state index contributed by atoms with van der Waals surface area (Å²) in [6.45, 7) is 13.4. The summed E-state index contributed by atoms with van der Waals surface area (Å²) in [5.74, 6) is 1.55. The van der Waals surface area contributed by atoms with E-state index < -0.39 is 11.9 Å². The molecule has 11 atom stereocenters. The maximum absolute atomic E-state index is 11.3. The predicted octanol–water partition coefficient (Wildman–Crippen LogP) is 7.74. The number of epoxide rings is 1. The quantitative estimate of drug-likeness (QED) is 0.0704. The Bertz CT molecular complexity index is 2020. The molecule has 3 aliphatic heterocycles. The number of cyclic esters (lactones) is 4. The Kier molecular flexibility index (Phi) is 14.0. The first kappa shape index (κ1) is 42.4. The lowest BCUT2D eigenvalue weighted by Crippen LogP contribution is -2.38. The molecule has 3 saturated carbocycles. The van der Waals surface area contributed by atoms with Gasteiger partial charge in [-0.3, -0.25) is 19.2 Å². The van der Waals surface area contributed by atoms with Crippen molar-refractivity contribution >= 4 is 41.1 Å². The number of hydrogen-bond acceptors (Lipinski definition) is 11. The first-order valence-corrected chi connectivity index (χ1v) is 20.4. The van der Waals surface area contributed by atoms with Crippen molar-refractivity contribution in [1.82, 2.24) is 0 Å². The topological polar surface area (TPSA) is 156 Å². The summed E-state index contributed by atoms with van der Waals surface area (Å²) in [5.41, 5.74) is 2.14. The normalized spacial score (nSPS) is 32.2. The highest BCUT2D eigenvalue weighted by molar-refractivity contribution is 5.97. The number of aldehydes is 1. The van der Waals surface area contributed by atoms with Gasteiger partial charge in [0.1, 0.15) is 24.2 Å². The molecule has 58 heavy (non-hydrogen) atoms. The van der Waals surface area contributed by atoms with E-state index in [4.69, 9.17) is 13.9 Å². The minimum atomic E-state index is -0.420. The summed E-state index contributed by atoms with van der Waals surface area (Å²) < 4.78 is 24.9. The van der Waals surface area contributed by atoms with E-state index >= 15 is 0 Å². The third-order valence-electron chi connectivity index (χ3n) is 12.1. The molecule has 11 heteroatoms. The fourth-order valence-corrected chi connectivity index (χ4v) is 9.07. The van der Waals surface area contributed by atoms with Crippen molar-refractivity contribution in [3.8, 4) is 5.75 Å². The van der Waals surface area contributed by atoms with Crippen LogP contribution >= 0.6 is 0 Å². The Morgan fingerprint density at radius 2 is 1.52 bits per heavy atom. The lowest BCUT2D eigenvalue weighted by atomic mass is 9.63. The smallest absolute Gasteiger partial charge is 0.336 e. The van der Waals surface area contributed by atoms with Crippen molar-refractivity contribution in [1.29, 1.82) is 0 Å². The molecule has 9 unspecified atom stereocenters. The number of hydrogen-bond donors (Lipinski definition) is 0. The molecule has 9 aliphatic rings. The Hall–Kier alpha value is -5.16. The van der Waals surface area contributed by atoms with Crippen LogP contribution in [0.25, 0.3) is 11.0 Å². The summed E-state index contributed by atoms with van der Waals surface area (Å²) >= 11 is 0. The number of carbonyl (C=O) groups is 5. The molecule has 0 radical (unpaired) electrons. The standard InChI is InChI=1S/C13H12O3.C10H10O3.C8H10O3.C8H10O.C8H12O/c1-3-6-15-10-4-5-11-9(2)7-13(14)16-12(11)8-10;11-9-7-5-1-2-6(4-3-5)8(7)10(12)13-9;1-5(2)3-6-4-7(9)11-8(6)10;9-5-8-4-6-1-2-7(8)3-6;1-2-6-3-4-7-8(5-6)9-7/h3-5,7-8H,1,6H2,2H3;1-2,5-8H,3-4H2;3,6H,4H2,1-2H3;1-2,5-8H,3-4H2;2,6-8H,1,3-5H2/t;5-,6+,7?,8?;;;. The van der Waals surface area contributed by atoms with Gasteiger partial charge in [0.15, 0.2) is 0 Å². The van der Waals surface area contributed by atoms with Crippen LogP contribution in [0.4, 0.5) is 0 Å². The van der Waals surface area contributed by atoms with Crippen LogP contribution < -0.4 is 10.4 Å². The maximum atomic E-state index is 11.3. The van der Waals surface area contributed by atoms with Gasteiger partial charge in [-0.05, 0) is 113 Å². The SMILES string of the molecule is C=CC1CCC2OC2C1.C=CCOc1ccc2c(C)cc(=O)oc2c1.CC(C)=CC1CC(=O)OC1=O.O=C1OC(=O)C2C1[C@@H]1C=C[C@H]2CC1.O=CC1CC2C=CC1C2. The summed E-state index contributed by atoms with van der Waals surface area (Å²) in [6.07, 6.45) is 24.9. The molecule has 4 heterocycles. The van der Waals surface area contributed by atoms with Gasteiger partial charge in [0, 0.05) is 23.4 Å². The molecule has 0 amide bonds. The van der Waals surface area contributed by atoms with Gasteiger partial charge in [-0.1, -0.05) is 54.7 Å². The zero-order valence-corrected chi connectivity index (χ0v) is 33.5. The van der Waals surface area contributed by atoms with E-state index in [1.165, 1.54) is 31.7 Å². The number of ether oxygens (including phenoxy) is 4. The van der Waals surface area contributed by atoms with Crippen molar-refractivity contribution in [2.24, 2.45) is 53.3 Å². The van der Waals surface area contributed by atoms with Crippen LogP contribution in [0.15, 0.2) is 94.7 Å². The van der Waals surface area contributed by atoms with E-state index in [9.17, 15) is 28.8 Å². The van der Waals surface area contributed by atoms with Crippen molar-refractivity contribution in [2.75, 3.05) is 6.61 Å². The van der Waals surface area contributed by atoms with Crippen LogP contribution in [-0.4, -0.2) is 49.0 Å². The van der Waals surface area contributed by atoms with E-state index in [2.05, 4.69) is 53.0 Å². The lowest BCUT2D eigenvalue weighted by Gasteiger charge is -2.37. The van der Waals surface area contributed by atoms with E-state index in [0.717, 1.165) is 53.9 Å². The fraction of sp³-hybridized carbons (Fsp3) is 0.489. The Morgan fingerprint density at radius 1 is 0.810 bits per heavy atom. The molecule has 11 rings (SSSR count). The monoisotopic (exact) mass is 794 g/mol. The van der Waals surface area contributed by atoms with Gasteiger partial charge < -0.3 is 28.2 Å². The largest absolute Gasteiger partial charge is 0.489 e. The Morgan fingerprint density at radius 3 is 2.03 bits per heavy atom. The van der Waals surface area contributed by atoms with Gasteiger partial charge in [-0.15, -0.1) is 6.58 Å². The zero-order chi connectivity index (χ0) is 41.5. The number of aryl methyl sites for hydroxylation is 1. The van der Waals surface area contributed by atoms with Gasteiger partial charge in [-0.2, -0.15) is 0 Å². The van der Waals surface area contributed by atoms with Crippen LogP contribution in [0, 0.1) is 60.2 Å². The van der Waals surface area contributed by atoms with Gasteiger partial charge in [0.2, 0.25) is 0 Å². The molecule has 6 aliphatic carbocycles. The average molecular weight is 795 g/mol. The van der Waals surface area contributed by atoms with Crippen molar-refractivity contribution in [3.63, 3.8) is 0 Å². The van der Waals surface area contributed by atoms with Crippen molar-refractivity contribution in [3.05, 3.63) is 102 Å².